The first-order valence-corrected chi connectivity index (χ1v) is 9.22. The fourth-order valence-corrected chi connectivity index (χ4v) is 4.55. The van der Waals surface area contributed by atoms with Crippen LogP contribution < -0.4 is 10.7 Å². The summed E-state index contributed by atoms with van der Waals surface area (Å²) in [5, 5.41) is 3.20. The molecule has 0 bridgehead atoms. The second-order valence-corrected chi connectivity index (χ2v) is 8.04. The molecule has 1 aliphatic heterocycles. The van der Waals surface area contributed by atoms with Crippen molar-refractivity contribution in [3.63, 3.8) is 0 Å². The molecule has 1 aromatic carbocycles. The van der Waals surface area contributed by atoms with E-state index in [2.05, 4.69) is 5.32 Å². The Balaban J connectivity index is 1.70. The first kappa shape index (κ1) is 14.9. The summed E-state index contributed by atoms with van der Waals surface area (Å²) in [5.74, 6) is -0.691. The molecule has 1 saturated heterocycles. The number of amides is 1. The Morgan fingerprint density at radius 3 is 2.71 bits per heavy atom. The van der Waals surface area contributed by atoms with Crippen LogP contribution in [0.4, 0.5) is 0 Å². The van der Waals surface area contributed by atoms with Gasteiger partial charge < -0.3 is 14.2 Å². The van der Waals surface area contributed by atoms with Gasteiger partial charge in [0.2, 0.25) is 5.43 Å². The van der Waals surface area contributed by atoms with Crippen LogP contribution in [0.15, 0.2) is 44.0 Å². The van der Waals surface area contributed by atoms with Crippen LogP contribution in [0.3, 0.4) is 0 Å². The molecule has 0 saturated carbocycles. The smallest absolute Gasteiger partial charge is 0.302 e. The number of furan rings is 1. The minimum atomic E-state index is -3.09. The maximum atomic E-state index is 12.4. The summed E-state index contributed by atoms with van der Waals surface area (Å²) in [4.78, 5) is 24.7. The van der Waals surface area contributed by atoms with E-state index in [0.29, 0.717) is 17.4 Å². The molecule has 3 heterocycles. The van der Waals surface area contributed by atoms with Crippen LogP contribution in [0.2, 0.25) is 0 Å². The normalized spacial score (nSPS) is 19.8. The summed E-state index contributed by atoms with van der Waals surface area (Å²) in [6.07, 6.45) is 0.370. The predicted octanol–water partition coefficient (Wildman–Crippen LogP) is 1.46. The highest BCUT2D eigenvalue weighted by Crippen LogP contribution is 2.22. The number of benzene rings is 1. The number of nitrogens with one attached hydrogen (secondary N) is 1. The molecule has 0 radical (unpaired) electrons. The van der Waals surface area contributed by atoms with Crippen LogP contribution in [0.1, 0.15) is 17.0 Å². The molecule has 7 nitrogen and oxygen atoms in total. The number of para-hydroxylation sites is 1. The Morgan fingerprint density at radius 2 is 1.96 bits per heavy atom. The summed E-state index contributed by atoms with van der Waals surface area (Å²) >= 11 is 0. The molecule has 124 valence electrons. The van der Waals surface area contributed by atoms with Crippen LogP contribution >= 0.6 is 0 Å². The van der Waals surface area contributed by atoms with Gasteiger partial charge in [-0.15, -0.1) is 0 Å². The average Bonchev–Trinajstić information content (AvgIpc) is 3.11. The average molecular weight is 347 g/mol. The van der Waals surface area contributed by atoms with Crippen LogP contribution in [-0.2, 0) is 9.84 Å². The van der Waals surface area contributed by atoms with Gasteiger partial charge in [0, 0.05) is 12.1 Å². The van der Waals surface area contributed by atoms with Crippen molar-refractivity contribution in [1.82, 2.24) is 5.32 Å². The van der Waals surface area contributed by atoms with Crippen molar-refractivity contribution in [1.29, 1.82) is 0 Å². The summed E-state index contributed by atoms with van der Waals surface area (Å²) in [7, 11) is -3.09. The lowest BCUT2D eigenvalue weighted by Crippen LogP contribution is -2.35. The van der Waals surface area contributed by atoms with Crippen molar-refractivity contribution in [3.8, 4) is 0 Å². The van der Waals surface area contributed by atoms with Crippen molar-refractivity contribution in [2.24, 2.45) is 0 Å². The van der Waals surface area contributed by atoms with E-state index < -0.39 is 21.8 Å². The highest BCUT2D eigenvalue weighted by Gasteiger charge is 2.30. The molecule has 1 N–H and O–H groups in total. The zero-order valence-electron chi connectivity index (χ0n) is 12.4. The lowest BCUT2D eigenvalue weighted by atomic mass is 10.2. The van der Waals surface area contributed by atoms with Gasteiger partial charge in [-0.25, -0.2) is 8.42 Å². The van der Waals surface area contributed by atoms with Crippen LogP contribution in [-0.4, -0.2) is 31.9 Å². The molecule has 2 aromatic heterocycles. The van der Waals surface area contributed by atoms with Crippen molar-refractivity contribution in [2.45, 2.75) is 12.5 Å². The second kappa shape index (κ2) is 5.20. The Bertz CT molecular complexity index is 1120. The number of hydrogen-bond acceptors (Lipinski definition) is 6. The van der Waals surface area contributed by atoms with Gasteiger partial charge in [-0.2, -0.15) is 0 Å². The van der Waals surface area contributed by atoms with E-state index >= 15 is 0 Å². The Hall–Kier alpha value is -2.61. The number of fused-ring (bicyclic) bond motifs is 2. The lowest BCUT2D eigenvalue weighted by molar-refractivity contribution is 0.0913. The van der Waals surface area contributed by atoms with E-state index in [1.807, 2.05) is 0 Å². The topological polar surface area (TPSA) is 107 Å². The second-order valence-electron chi connectivity index (χ2n) is 5.81. The third kappa shape index (κ3) is 2.48. The minimum Gasteiger partial charge on any atom is -0.425 e. The van der Waals surface area contributed by atoms with E-state index in [9.17, 15) is 18.0 Å². The molecule has 1 amide bonds. The van der Waals surface area contributed by atoms with Crippen molar-refractivity contribution < 1.29 is 22.0 Å². The lowest BCUT2D eigenvalue weighted by Gasteiger charge is -2.08. The van der Waals surface area contributed by atoms with E-state index in [1.165, 1.54) is 6.07 Å². The van der Waals surface area contributed by atoms with E-state index in [1.54, 1.807) is 24.3 Å². The molecule has 0 spiro atoms. The van der Waals surface area contributed by atoms with Crippen molar-refractivity contribution in [2.75, 3.05) is 11.5 Å². The Labute approximate surface area is 136 Å². The molecular formula is C16H13NO6S. The summed E-state index contributed by atoms with van der Waals surface area (Å²) < 4.78 is 33.8. The van der Waals surface area contributed by atoms with Gasteiger partial charge in [0.05, 0.1) is 16.9 Å². The fourth-order valence-electron chi connectivity index (χ4n) is 2.87. The molecule has 1 unspecified atom stereocenters. The molecule has 24 heavy (non-hydrogen) atoms. The monoisotopic (exact) mass is 347 g/mol. The highest BCUT2D eigenvalue weighted by atomic mass is 32.2. The van der Waals surface area contributed by atoms with E-state index in [4.69, 9.17) is 8.83 Å². The van der Waals surface area contributed by atoms with Crippen LogP contribution in [0, 0.1) is 0 Å². The largest absolute Gasteiger partial charge is 0.425 e. The molecule has 1 atom stereocenters. The van der Waals surface area contributed by atoms with E-state index in [-0.39, 0.29) is 33.9 Å². The number of hydrogen-bond donors (Lipinski definition) is 1. The number of rotatable bonds is 2. The molecule has 3 aromatic rings. The Kier molecular flexibility index (Phi) is 3.24. The molecule has 1 aliphatic rings. The Morgan fingerprint density at radius 1 is 1.17 bits per heavy atom. The van der Waals surface area contributed by atoms with Crippen LogP contribution in [0.25, 0.3) is 22.1 Å². The van der Waals surface area contributed by atoms with Crippen molar-refractivity contribution >= 4 is 37.9 Å². The third-order valence-corrected chi connectivity index (χ3v) is 5.84. The molecule has 0 aliphatic carbocycles. The molecule has 1 fully saturated rings. The predicted molar refractivity (Wildman–Crippen MR) is 86.8 cm³/mol. The van der Waals surface area contributed by atoms with E-state index in [0.717, 1.165) is 0 Å². The summed E-state index contributed by atoms with van der Waals surface area (Å²) in [5.41, 5.74) is 0.0938. The van der Waals surface area contributed by atoms with Crippen LogP contribution in [0.5, 0.6) is 0 Å². The van der Waals surface area contributed by atoms with Gasteiger partial charge in [0.15, 0.2) is 15.6 Å². The zero-order valence-corrected chi connectivity index (χ0v) is 13.3. The standard InChI is InChI=1S/C16H13NO6S/c18-14-10-3-1-2-4-12(10)22-16-11(14)7-13(23-16)15(19)17-9-5-6-24(20,21)8-9/h1-4,7,9H,5-6,8H2,(H,17,19). The third-order valence-electron chi connectivity index (χ3n) is 4.07. The van der Waals surface area contributed by atoms with Gasteiger partial charge in [0.1, 0.15) is 11.0 Å². The van der Waals surface area contributed by atoms with Gasteiger partial charge >= 0.3 is 5.78 Å². The first-order valence-electron chi connectivity index (χ1n) is 7.40. The van der Waals surface area contributed by atoms with Gasteiger partial charge in [-0.3, -0.25) is 9.59 Å². The molecule has 4 rings (SSSR count). The van der Waals surface area contributed by atoms with Gasteiger partial charge in [-0.1, -0.05) is 12.1 Å². The maximum absolute atomic E-state index is 12.4. The zero-order chi connectivity index (χ0) is 16.9. The number of carbonyl (C=O) groups excluding carboxylic acids is 1. The first-order chi connectivity index (χ1) is 11.4. The number of sulfone groups is 1. The summed E-state index contributed by atoms with van der Waals surface area (Å²) in [6, 6.07) is 7.61. The van der Waals surface area contributed by atoms with Crippen molar-refractivity contribution in [3.05, 3.63) is 46.3 Å². The maximum Gasteiger partial charge on any atom is 0.302 e. The van der Waals surface area contributed by atoms with Gasteiger partial charge in [0.25, 0.3) is 5.91 Å². The quantitative estimate of drug-likeness (QED) is 0.752. The fraction of sp³-hybridized carbons (Fsp3) is 0.250. The van der Waals surface area contributed by atoms with Gasteiger partial charge in [-0.05, 0) is 18.6 Å². The highest BCUT2D eigenvalue weighted by molar-refractivity contribution is 7.91. The summed E-state index contributed by atoms with van der Waals surface area (Å²) in [6.45, 7) is 0. The SMILES string of the molecule is O=C(NC1CCS(=O)(=O)C1)c1cc2c(=O)c3ccccc3oc2o1. The minimum absolute atomic E-state index is 0.0251. The number of carbonyl (C=O) groups is 1. The molecular weight excluding hydrogens is 334 g/mol. The molecule has 8 heteroatoms.